The highest BCUT2D eigenvalue weighted by atomic mass is 35.5. The SMILES string of the molecule is Cc1ccccc1N(CC(=O)NCCCOc1ccc(Cl)cc1Cl)S(C)(=O)=O. The maximum Gasteiger partial charge on any atom is 0.240 e. The lowest BCUT2D eigenvalue weighted by Crippen LogP contribution is -2.41. The van der Waals surface area contributed by atoms with Crippen LogP contribution in [0.4, 0.5) is 5.69 Å². The summed E-state index contributed by atoms with van der Waals surface area (Å²) in [6, 6.07) is 12.0. The van der Waals surface area contributed by atoms with Gasteiger partial charge in [0.15, 0.2) is 0 Å². The lowest BCUT2D eigenvalue weighted by Gasteiger charge is -2.23. The fourth-order valence-corrected chi connectivity index (χ4v) is 3.86. The van der Waals surface area contributed by atoms with Gasteiger partial charge in [0.05, 0.1) is 23.6 Å². The molecule has 0 spiro atoms. The number of hydrogen-bond acceptors (Lipinski definition) is 4. The van der Waals surface area contributed by atoms with Crippen LogP contribution in [0.5, 0.6) is 5.75 Å². The maximum absolute atomic E-state index is 12.2. The molecule has 9 heteroatoms. The fourth-order valence-electron chi connectivity index (χ4n) is 2.49. The molecule has 0 aliphatic carbocycles. The molecule has 0 bridgehead atoms. The maximum atomic E-state index is 12.2. The number of nitrogens with one attached hydrogen (secondary N) is 1. The molecule has 0 heterocycles. The summed E-state index contributed by atoms with van der Waals surface area (Å²) in [5.74, 6) is 0.124. The fraction of sp³-hybridized carbons (Fsp3) is 0.316. The van der Waals surface area contributed by atoms with E-state index in [0.717, 1.165) is 16.1 Å². The number of aryl methyl sites for hydroxylation is 1. The summed E-state index contributed by atoms with van der Waals surface area (Å²) in [5.41, 5.74) is 1.26. The third kappa shape index (κ3) is 6.58. The van der Waals surface area contributed by atoms with Gasteiger partial charge in [0.2, 0.25) is 15.9 Å². The van der Waals surface area contributed by atoms with Crippen LogP contribution < -0.4 is 14.4 Å². The van der Waals surface area contributed by atoms with E-state index in [1.165, 1.54) is 0 Å². The molecule has 1 N–H and O–H groups in total. The molecule has 0 unspecified atom stereocenters. The second-order valence-corrected chi connectivity index (χ2v) is 8.93. The number of rotatable bonds is 9. The molecule has 28 heavy (non-hydrogen) atoms. The number of hydrogen-bond donors (Lipinski definition) is 1. The molecule has 0 saturated carbocycles. The summed E-state index contributed by atoms with van der Waals surface area (Å²) in [5, 5.41) is 3.64. The number of carbonyl (C=O) groups is 1. The Morgan fingerprint density at radius 3 is 2.54 bits per heavy atom. The number of para-hydroxylation sites is 1. The summed E-state index contributed by atoms with van der Waals surface area (Å²) in [6.45, 7) is 2.20. The molecule has 2 rings (SSSR count). The van der Waals surface area contributed by atoms with Gasteiger partial charge in [-0.1, -0.05) is 41.4 Å². The smallest absolute Gasteiger partial charge is 0.240 e. The van der Waals surface area contributed by atoms with Crippen molar-refractivity contribution in [2.24, 2.45) is 0 Å². The van der Waals surface area contributed by atoms with E-state index in [2.05, 4.69) is 5.32 Å². The lowest BCUT2D eigenvalue weighted by molar-refractivity contribution is -0.119. The summed E-state index contributed by atoms with van der Waals surface area (Å²) < 4.78 is 30.9. The van der Waals surface area contributed by atoms with Crippen molar-refractivity contribution in [3.05, 3.63) is 58.1 Å². The molecular formula is C19H22Cl2N2O4S. The molecule has 0 saturated heterocycles. The minimum atomic E-state index is -3.59. The van der Waals surface area contributed by atoms with Crippen LogP contribution in [0.25, 0.3) is 0 Å². The number of amides is 1. The third-order valence-electron chi connectivity index (χ3n) is 3.87. The van der Waals surface area contributed by atoms with Crippen molar-refractivity contribution in [3.63, 3.8) is 0 Å². The van der Waals surface area contributed by atoms with Gasteiger partial charge in [0, 0.05) is 11.6 Å². The van der Waals surface area contributed by atoms with Crippen molar-refractivity contribution < 1.29 is 17.9 Å². The van der Waals surface area contributed by atoms with E-state index in [0.29, 0.717) is 41.1 Å². The number of halogens is 2. The average molecular weight is 445 g/mol. The van der Waals surface area contributed by atoms with E-state index in [1.807, 2.05) is 6.07 Å². The third-order valence-corrected chi connectivity index (χ3v) is 5.52. The van der Waals surface area contributed by atoms with Crippen LogP contribution in [-0.4, -0.2) is 40.3 Å². The second-order valence-electron chi connectivity index (χ2n) is 6.18. The van der Waals surface area contributed by atoms with E-state index in [4.69, 9.17) is 27.9 Å². The van der Waals surface area contributed by atoms with Crippen LogP contribution in [0, 0.1) is 6.92 Å². The highest BCUT2D eigenvalue weighted by Gasteiger charge is 2.21. The van der Waals surface area contributed by atoms with Gasteiger partial charge in [0.1, 0.15) is 12.3 Å². The largest absolute Gasteiger partial charge is 0.492 e. The van der Waals surface area contributed by atoms with E-state index in [9.17, 15) is 13.2 Å². The summed E-state index contributed by atoms with van der Waals surface area (Å²) in [6.07, 6.45) is 1.62. The molecule has 2 aromatic rings. The molecule has 0 aromatic heterocycles. The Hall–Kier alpha value is -1.96. The van der Waals surface area contributed by atoms with Crippen LogP contribution in [0.2, 0.25) is 10.0 Å². The van der Waals surface area contributed by atoms with Crippen LogP contribution in [0.3, 0.4) is 0 Å². The van der Waals surface area contributed by atoms with Crippen LogP contribution in [-0.2, 0) is 14.8 Å². The van der Waals surface area contributed by atoms with Crippen molar-refractivity contribution in [1.82, 2.24) is 5.32 Å². The predicted octanol–water partition coefficient (Wildman–Crippen LogP) is 3.65. The molecule has 0 aliphatic heterocycles. The first-order chi connectivity index (χ1) is 13.2. The van der Waals surface area contributed by atoms with Crippen LogP contribution >= 0.6 is 23.2 Å². The van der Waals surface area contributed by atoms with Gasteiger partial charge in [-0.2, -0.15) is 0 Å². The quantitative estimate of drug-likeness (QED) is 0.598. The van der Waals surface area contributed by atoms with Gasteiger partial charge in [-0.3, -0.25) is 9.10 Å². The topological polar surface area (TPSA) is 75.7 Å². The summed E-state index contributed by atoms with van der Waals surface area (Å²) >= 11 is 11.9. The number of nitrogens with zero attached hydrogens (tertiary/aromatic N) is 1. The first kappa shape index (κ1) is 22.3. The first-order valence-electron chi connectivity index (χ1n) is 8.56. The van der Waals surface area contributed by atoms with Crippen molar-refractivity contribution in [2.45, 2.75) is 13.3 Å². The number of carbonyl (C=O) groups excluding carboxylic acids is 1. The average Bonchev–Trinajstić information content (AvgIpc) is 2.61. The molecule has 6 nitrogen and oxygen atoms in total. The highest BCUT2D eigenvalue weighted by molar-refractivity contribution is 7.92. The molecule has 1 amide bonds. The monoisotopic (exact) mass is 444 g/mol. The Bertz CT molecular complexity index is 935. The van der Waals surface area contributed by atoms with Crippen LogP contribution in [0.1, 0.15) is 12.0 Å². The van der Waals surface area contributed by atoms with Gasteiger partial charge in [-0.05, 0) is 43.2 Å². The van der Waals surface area contributed by atoms with Gasteiger partial charge < -0.3 is 10.1 Å². The van der Waals surface area contributed by atoms with E-state index in [-0.39, 0.29) is 6.54 Å². The Morgan fingerprint density at radius 2 is 1.89 bits per heavy atom. The van der Waals surface area contributed by atoms with E-state index < -0.39 is 15.9 Å². The number of benzene rings is 2. The van der Waals surface area contributed by atoms with Crippen molar-refractivity contribution in [3.8, 4) is 5.75 Å². The summed E-state index contributed by atoms with van der Waals surface area (Å²) in [4.78, 5) is 12.2. The standard InChI is InChI=1S/C19H22Cl2N2O4S/c1-14-6-3-4-7-17(14)23(28(2,25)26)13-19(24)22-10-5-11-27-18-9-8-15(20)12-16(18)21/h3-4,6-9,12H,5,10-11,13H2,1-2H3,(H,22,24). The Balaban J connectivity index is 1.84. The van der Waals surface area contributed by atoms with Crippen molar-refractivity contribution in [2.75, 3.05) is 30.3 Å². The second kappa shape index (κ2) is 10.0. The Morgan fingerprint density at radius 1 is 1.18 bits per heavy atom. The zero-order valence-electron chi connectivity index (χ0n) is 15.6. The Kier molecular flexibility index (Phi) is 7.98. The molecule has 2 aromatic carbocycles. The normalized spacial score (nSPS) is 11.1. The zero-order valence-corrected chi connectivity index (χ0v) is 17.9. The lowest BCUT2D eigenvalue weighted by atomic mass is 10.2. The zero-order chi connectivity index (χ0) is 20.7. The van der Waals surface area contributed by atoms with E-state index in [1.54, 1.807) is 43.3 Å². The highest BCUT2D eigenvalue weighted by Crippen LogP contribution is 2.27. The minimum Gasteiger partial charge on any atom is -0.492 e. The molecule has 0 atom stereocenters. The van der Waals surface area contributed by atoms with Gasteiger partial charge in [-0.25, -0.2) is 8.42 Å². The minimum absolute atomic E-state index is 0.284. The molecule has 0 aliphatic rings. The molecule has 152 valence electrons. The van der Waals surface area contributed by atoms with Crippen molar-refractivity contribution in [1.29, 1.82) is 0 Å². The van der Waals surface area contributed by atoms with Crippen molar-refractivity contribution >= 4 is 44.8 Å². The predicted molar refractivity (Wildman–Crippen MR) is 113 cm³/mol. The number of sulfonamides is 1. The van der Waals surface area contributed by atoms with Gasteiger partial charge >= 0.3 is 0 Å². The number of anilines is 1. The van der Waals surface area contributed by atoms with E-state index >= 15 is 0 Å². The van der Waals surface area contributed by atoms with Gasteiger partial charge in [0.25, 0.3) is 0 Å². The molecule has 0 fully saturated rings. The number of ether oxygens (including phenoxy) is 1. The van der Waals surface area contributed by atoms with Gasteiger partial charge in [-0.15, -0.1) is 0 Å². The summed E-state index contributed by atoms with van der Waals surface area (Å²) in [7, 11) is -3.59. The molecule has 0 radical (unpaired) electrons. The van der Waals surface area contributed by atoms with Crippen LogP contribution in [0.15, 0.2) is 42.5 Å². The molecular weight excluding hydrogens is 423 g/mol. The Labute approximate surface area is 175 Å². The first-order valence-corrected chi connectivity index (χ1v) is 11.2.